The van der Waals surface area contributed by atoms with Crippen molar-refractivity contribution in [2.45, 2.75) is 26.2 Å². The first kappa shape index (κ1) is 20.0. The number of Topliss-reactive ketones (excluding diaryl/α,β-unsaturated/α-hetero) is 1. The van der Waals surface area contributed by atoms with E-state index in [1.165, 1.54) is 6.20 Å². The number of rotatable bonds is 8. The summed E-state index contributed by atoms with van der Waals surface area (Å²) in [6.07, 6.45) is 5.00. The van der Waals surface area contributed by atoms with Crippen molar-refractivity contribution in [2.24, 2.45) is 0 Å². The Hall–Kier alpha value is -2.72. The molecule has 1 aliphatic carbocycles. The van der Waals surface area contributed by atoms with E-state index in [4.69, 9.17) is 4.74 Å². The lowest BCUT2D eigenvalue weighted by Gasteiger charge is -2.12. The summed E-state index contributed by atoms with van der Waals surface area (Å²) in [7, 11) is -3.25. The summed E-state index contributed by atoms with van der Waals surface area (Å²) in [5.74, 6) is -0.0800. The standard InChI is InChI=1S/C18H22N4O5S/c1-2-28(25,26)21-8-9-27-16-7-6-12(10-20-16)22-18(24)13-11-19-14-4-3-5-15(23)17(13)14/h6-7,10-11,19,21H,2-5,8-9H2,1H3,(H,22,24). The lowest BCUT2D eigenvalue weighted by molar-refractivity contribution is 0.0956. The number of anilines is 1. The quantitative estimate of drug-likeness (QED) is 0.570. The Morgan fingerprint density at radius 1 is 1.32 bits per heavy atom. The van der Waals surface area contributed by atoms with Crippen molar-refractivity contribution < 1.29 is 22.7 Å². The van der Waals surface area contributed by atoms with Gasteiger partial charge in [0.2, 0.25) is 15.9 Å². The normalized spacial score (nSPS) is 13.8. The molecule has 0 unspecified atom stereocenters. The van der Waals surface area contributed by atoms with Crippen LogP contribution in [-0.4, -0.2) is 49.0 Å². The van der Waals surface area contributed by atoms with Crippen molar-refractivity contribution in [2.75, 3.05) is 24.2 Å². The van der Waals surface area contributed by atoms with Gasteiger partial charge in [-0.25, -0.2) is 18.1 Å². The lowest BCUT2D eigenvalue weighted by atomic mass is 9.93. The molecule has 1 aliphatic rings. The van der Waals surface area contributed by atoms with Crippen molar-refractivity contribution in [3.63, 3.8) is 0 Å². The predicted octanol–water partition coefficient (Wildman–Crippen LogP) is 1.50. The van der Waals surface area contributed by atoms with Gasteiger partial charge in [-0.2, -0.15) is 0 Å². The number of ether oxygens (including phenoxy) is 1. The van der Waals surface area contributed by atoms with E-state index in [-0.39, 0.29) is 30.6 Å². The minimum absolute atomic E-state index is 0.00952. The van der Waals surface area contributed by atoms with Gasteiger partial charge in [0.25, 0.3) is 5.91 Å². The number of carbonyl (C=O) groups is 2. The molecule has 2 aromatic heterocycles. The first-order valence-electron chi connectivity index (χ1n) is 9.00. The Balaban J connectivity index is 1.55. The number of ketones is 1. The minimum atomic E-state index is -3.25. The fourth-order valence-electron chi connectivity index (χ4n) is 2.90. The zero-order valence-electron chi connectivity index (χ0n) is 15.4. The Morgan fingerprint density at radius 3 is 2.86 bits per heavy atom. The number of nitrogens with zero attached hydrogens (tertiary/aromatic N) is 1. The predicted molar refractivity (Wildman–Crippen MR) is 103 cm³/mol. The average molecular weight is 406 g/mol. The first-order chi connectivity index (χ1) is 13.4. The van der Waals surface area contributed by atoms with E-state index >= 15 is 0 Å². The van der Waals surface area contributed by atoms with E-state index in [1.807, 2.05) is 0 Å². The van der Waals surface area contributed by atoms with Gasteiger partial charge in [-0.1, -0.05) is 0 Å². The molecular weight excluding hydrogens is 384 g/mol. The van der Waals surface area contributed by atoms with Gasteiger partial charge >= 0.3 is 0 Å². The van der Waals surface area contributed by atoms with Crippen LogP contribution >= 0.6 is 0 Å². The number of hydrogen-bond acceptors (Lipinski definition) is 6. The van der Waals surface area contributed by atoms with Gasteiger partial charge in [-0.05, 0) is 25.8 Å². The highest BCUT2D eigenvalue weighted by atomic mass is 32.2. The molecule has 28 heavy (non-hydrogen) atoms. The Morgan fingerprint density at radius 2 is 2.14 bits per heavy atom. The van der Waals surface area contributed by atoms with Gasteiger partial charge in [0.05, 0.1) is 28.8 Å². The molecule has 10 heteroatoms. The molecule has 0 aliphatic heterocycles. The van der Waals surface area contributed by atoms with Crippen molar-refractivity contribution in [1.82, 2.24) is 14.7 Å². The molecule has 1 amide bonds. The molecule has 0 fully saturated rings. The summed E-state index contributed by atoms with van der Waals surface area (Å²) in [4.78, 5) is 31.7. The molecule has 0 atom stereocenters. The molecule has 0 saturated heterocycles. The number of aromatic nitrogens is 2. The van der Waals surface area contributed by atoms with E-state index in [9.17, 15) is 18.0 Å². The summed E-state index contributed by atoms with van der Waals surface area (Å²) in [5, 5.41) is 2.72. The second-order valence-corrected chi connectivity index (χ2v) is 8.41. The summed E-state index contributed by atoms with van der Waals surface area (Å²) in [6, 6.07) is 3.19. The third-order valence-corrected chi connectivity index (χ3v) is 5.77. The highest BCUT2D eigenvalue weighted by Gasteiger charge is 2.25. The van der Waals surface area contributed by atoms with Crippen LogP contribution in [0, 0.1) is 0 Å². The fraction of sp³-hybridized carbons (Fsp3) is 0.389. The van der Waals surface area contributed by atoms with Crippen LogP contribution in [-0.2, 0) is 16.4 Å². The maximum atomic E-state index is 12.5. The number of aryl methyl sites for hydroxylation is 1. The highest BCUT2D eigenvalue weighted by Crippen LogP contribution is 2.24. The SMILES string of the molecule is CCS(=O)(=O)NCCOc1ccc(NC(=O)c2c[nH]c3c2C(=O)CCC3)cn1. The monoisotopic (exact) mass is 406 g/mol. The number of fused-ring (bicyclic) bond motifs is 1. The fourth-order valence-corrected chi connectivity index (χ4v) is 3.50. The number of sulfonamides is 1. The molecule has 0 bridgehead atoms. The Kier molecular flexibility index (Phi) is 6.10. The molecule has 0 radical (unpaired) electrons. The molecule has 0 spiro atoms. The van der Waals surface area contributed by atoms with E-state index in [1.54, 1.807) is 25.3 Å². The molecule has 2 heterocycles. The van der Waals surface area contributed by atoms with Gasteiger partial charge in [0, 0.05) is 30.9 Å². The number of amides is 1. The topological polar surface area (TPSA) is 130 Å². The molecule has 3 rings (SSSR count). The van der Waals surface area contributed by atoms with E-state index in [0.717, 1.165) is 18.5 Å². The maximum absolute atomic E-state index is 12.5. The van der Waals surface area contributed by atoms with Gasteiger partial charge in [0.1, 0.15) is 6.61 Å². The van der Waals surface area contributed by atoms with Crippen LogP contribution in [0.3, 0.4) is 0 Å². The minimum Gasteiger partial charge on any atom is -0.476 e. The molecule has 150 valence electrons. The maximum Gasteiger partial charge on any atom is 0.257 e. The van der Waals surface area contributed by atoms with Crippen molar-refractivity contribution in [3.05, 3.63) is 41.3 Å². The smallest absolute Gasteiger partial charge is 0.257 e. The second-order valence-electron chi connectivity index (χ2n) is 6.32. The zero-order chi connectivity index (χ0) is 20.1. The van der Waals surface area contributed by atoms with Crippen LogP contribution in [0.2, 0.25) is 0 Å². The number of aromatic amines is 1. The van der Waals surface area contributed by atoms with Gasteiger partial charge < -0.3 is 15.0 Å². The molecule has 0 saturated carbocycles. The molecule has 0 aromatic carbocycles. The van der Waals surface area contributed by atoms with E-state index < -0.39 is 10.0 Å². The van der Waals surface area contributed by atoms with E-state index in [0.29, 0.717) is 29.1 Å². The van der Waals surface area contributed by atoms with Gasteiger partial charge in [-0.15, -0.1) is 0 Å². The summed E-state index contributed by atoms with van der Waals surface area (Å²) >= 11 is 0. The summed E-state index contributed by atoms with van der Waals surface area (Å²) in [5.41, 5.74) is 2.08. The number of pyridine rings is 1. The lowest BCUT2D eigenvalue weighted by Crippen LogP contribution is -2.29. The zero-order valence-corrected chi connectivity index (χ0v) is 16.3. The van der Waals surface area contributed by atoms with Gasteiger partial charge in [0.15, 0.2) is 5.78 Å². The molecule has 9 nitrogen and oxygen atoms in total. The molecule has 2 aromatic rings. The Bertz CT molecular complexity index is 966. The van der Waals surface area contributed by atoms with Crippen molar-refractivity contribution in [3.8, 4) is 5.88 Å². The first-order valence-corrected chi connectivity index (χ1v) is 10.7. The average Bonchev–Trinajstić information content (AvgIpc) is 3.12. The Labute approximate surface area is 162 Å². The third kappa shape index (κ3) is 4.76. The van der Waals surface area contributed by atoms with Crippen molar-refractivity contribution >= 4 is 27.4 Å². The summed E-state index contributed by atoms with van der Waals surface area (Å²) < 4.78 is 30.4. The number of carbonyl (C=O) groups excluding carboxylic acids is 2. The van der Waals surface area contributed by atoms with Crippen LogP contribution in [0.1, 0.15) is 46.2 Å². The molecular formula is C18H22N4O5S. The van der Waals surface area contributed by atoms with Crippen LogP contribution in [0.15, 0.2) is 24.5 Å². The number of nitrogens with one attached hydrogen (secondary N) is 3. The van der Waals surface area contributed by atoms with Crippen LogP contribution in [0.4, 0.5) is 5.69 Å². The van der Waals surface area contributed by atoms with E-state index in [2.05, 4.69) is 20.0 Å². The van der Waals surface area contributed by atoms with Crippen LogP contribution in [0.25, 0.3) is 0 Å². The second kappa shape index (κ2) is 8.53. The van der Waals surface area contributed by atoms with Crippen LogP contribution in [0.5, 0.6) is 5.88 Å². The number of hydrogen-bond donors (Lipinski definition) is 3. The van der Waals surface area contributed by atoms with Gasteiger partial charge in [-0.3, -0.25) is 9.59 Å². The third-order valence-electron chi connectivity index (χ3n) is 4.36. The largest absolute Gasteiger partial charge is 0.476 e. The summed E-state index contributed by atoms with van der Waals surface area (Å²) in [6.45, 7) is 1.83. The van der Waals surface area contributed by atoms with Crippen LogP contribution < -0.4 is 14.8 Å². The highest BCUT2D eigenvalue weighted by molar-refractivity contribution is 7.89. The molecule has 3 N–H and O–H groups in total. The van der Waals surface area contributed by atoms with Crippen molar-refractivity contribution in [1.29, 1.82) is 0 Å². The number of H-pyrrole nitrogens is 1.